The number of hydrogen-bond acceptors (Lipinski definition) is 6. The van der Waals surface area contributed by atoms with Crippen molar-refractivity contribution in [3.8, 4) is 234 Å². The van der Waals surface area contributed by atoms with Crippen LogP contribution in [-0.4, -0.2) is 29.9 Å². The summed E-state index contributed by atoms with van der Waals surface area (Å²) in [5.74, 6) is 0. The van der Waals surface area contributed by atoms with Gasteiger partial charge in [0.1, 0.15) is 0 Å². The van der Waals surface area contributed by atoms with Crippen LogP contribution < -0.4 is 0 Å². The second kappa shape index (κ2) is 36.4. The molecule has 16 aromatic carbocycles. The lowest BCUT2D eigenvalue weighted by Gasteiger charge is -2.18. The van der Waals surface area contributed by atoms with E-state index >= 15 is 0 Å². The predicted octanol–water partition coefficient (Wildman–Crippen LogP) is 33.1. The van der Waals surface area contributed by atoms with Crippen molar-refractivity contribution in [3.05, 3.63) is 510 Å². The summed E-state index contributed by atoms with van der Waals surface area (Å²) in [6.07, 6.45) is 11.8. The third kappa shape index (κ3) is 16.8. The average molecular weight is 1680 g/mol. The first-order valence-electron chi connectivity index (χ1n) is 44.7. The van der Waals surface area contributed by atoms with Crippen molar-refractivity contribution in [2.45, 2.75) is 0 Å². The molecule has 0 aliphatic carbocycles. The van der Waals surface area contributed by atoms with E-state index in [4.69, 9.17) is 29.9 Å². The second-order valence-corrected chi connectivity index (χ2v) is 33.2. The van der Waals surface area contributed by atoms with Gasteiger partial charge in [-0.3, -0.25) is 29.9 Å². The smallest absolute Gasteiger partial charge is 0.0886 e. The van der Waals surface area contributed by atoms with Crippen molar-refractivity contribution >= 4 is 0 Å². The highest BCUT2D eigenvalue weighted by Crippen LogP contribution is 2.47. The maximum Gasteiger partial charge on any atom is 0.0886 e. The van der Waals surface area contributed by atoms with Crippen LogP contribution in [-0.2, 0) is 0 Å². The van der Waals surface area contributed by atoms with Crippen molar-refractivity contribution in [2.24, 2.45) is 0 Å². The van der Waals surface area contributed by atoms with Crippen LogP contribution in [0.5, 0.6) is 0 Å². The molecule has 0 radical (unpaired) electrons. The fourth-order valence-electron chi connectivity index (χ4n) is 18.3. The molecule has 6 nitrogen and oxygen atoms in total. The molecule has 6 heteroatoms. The van der Waals surface area contributed by atoms with Crippen LogP contribution in [0.15, 0.2) is 510 Å². The Morgan fingerprint density at radius 2 is 0.273 bits per heavy atom. The molecular formula is C126H84N6. The first-order chi connectivity index (χ1) is 65.4. The standard InChI is InChI=1S/C126H84N6/c1-5-25-85(26-6-1)97-71-72-127-126(79-97)96-59-51-92(52-60-96)112-36-16-22-42-118(112)106-74-105(117-41-21-15-35-111(117)91-49-57-95(58-50-91)123-68-63-100(82-130-123)88-31-11-4-12-32-88)77-108(78-106)120-44-24-18-38-114(120)102-65-70-125(132-84-102)124-69-64-101(83-131-124)113-37-17-23-43-119(113)107-75-103(115-39-19-13-33-109(115)89-45-53-93(54-46-89)121-66-61-98(80-128-121)86-27-7-2-8-28-86)73-104(76-107)116-40-20-14-34-110(116)90-47-55-94(56-48-90)122-67-62-99(81-129-122)87-29-9-3-10-30-87/h1-84H. The summed E-state index contributed by atoms with van der Waals surface area (Å²) in [4.78, 5) is 30.2. The molecule has 0 unspecified atom stereocenters. The zero-order valence-electron chi connectivity index (χ0n) is 72.2. The van der Waals surface area contributed by atoms with Gasteiger partial charge in [-0.1, -0.05) is 394 Å². The molecule has 0 atom stereocenters. The number of benzene rings is 16. The highest BCUT2D eigenvalue weighted by atomic mass is 14.8. The Bertz CT molecular complexity index is 7680. The van der Waals surface area contributed by atoms with E-state index in [0.717, 1.165) is 234 Å². The maximum absolute atomic E-state index is 5.25. The molecule has 0 saturated heterocycles. The van der Waals surface area contributed by atoms with Gasteiger partial charge in [-0.05, 0) is 229 Å². The van der Waals surface area contributed by atoms with E-state index in [0.29, 0.717) is 0 Å². The van der Waals surface area contributed by atoms with Crippen molar-refractivity contribution in [1.29, 1.82) is 0 Å². The molecule has 0 fully saturated rings. The Morgan fingerprint density at radius 1 is 0.0909 bits per heavy atom. The highest BCUT2D eigenvalue weighted by molar-refractivity contribution is 5.98. The summed E-state index contributed by atoms with van der Waals surface area (Å²) < 4.78 is 0. The van der Waals surface area contributed by atoms with Gasteiger partial charge in [-0.25, -0.2) is 0 Å². The largest absolute Gasteiger partial charge is 0.256 e. The van der Waals surface area contributed by atoms with E-state index in [-0.39, 0.29) is 0 Å². The van der Waals surface area contributed by atoms with Crippen molar-refractivity contribution < 1.29 is 0 Å². The lowest BCUT2D eigenvalue weighted by Crippen LogP contribution is -1.93. The molecule has 0 bridgehead atoms. The first-order valence-corrected chi connectivity index (χ1v) is 44.7. The zero-order valence-corrected chi connectivity index (χ0v) is 72.2. The normalized spacial score (nSPS) is 11.2. The van der Waals surface area contributed by atoms with Crippen LogP contribution in [0.3, 0.4) is 0 Å². The Balaban J connectivity index is 0.591. The van der Waals surface area contributed by atoms with Gasteiger partial charge in [0.05, 0.1) is 34.2 Å². The summed E-state index contributed by atoms with van der Waals surface area (Å²) in [5.41, 5.74) is 44.6. The number of nitrogens with zero attached hydrogens (tertiary/aromatic N) is 6. The Morgan fingerprint density at radius 3 is 0.508 bits per heavy atom. The molecule has 0 aliphatic heterocycles. The van der Waals surface area contributed by atoms with Gasteiger partial charge >= 0.3 is 0 Å². The third-order valence-corrected chi connectivity index (χ3v) is 25.2. The highest BCUT2D eigenvalue weighted by Gasteiger charge is 2.22. The van der Waals surface area contributed by atoms with E-state index in [1.807, 2.05) is 55.4 Å². The maximum atomic E-state index is 5.25. The van der Waals surface area contributed by atoms with Gasteiger partial charge in [-0.15, -0.1) is 0 Å². The minimum absolute atomic E-state index is 0.770. The van der Waals surface area contributed by atoms with Crippen LogP contribution >= 0.6 is 0 Å². The van der Waals surface area contributed by atoms with Crippen LogP contribution in [0.25, 0.3) is 234 Å². The lowest BCUT2D eigenvalue weighted by molar-refractivity contribution is 1.25. The van der Waals surface area contributed by atoms with Crippen LogP contribution in [0, 0.1) is 0 Å². The quantitative estimate of drug-likeness (QED) is 0.0713. The molecule has 0 saturated carbocycles. The third-order valence-electron chi connectivity index (χ3n) is 25.2. The summed E-state index contributed by atoms with van der Waals surface area (Å²) in [7, 11) is 0. The van der Waals surface area contributed by atoms with Crippen LogP contribution in [0.4, 0.5) is 0 Å². The Hall–Kier alpha value is -17.6. The number of rotatable bonds is 21. The summed E-state index contributed by atoms with van der Waals surface area (Å²) in [5, 5.41) is 0. The first kappa shape index (κ1) is 80.3. The van der Waals surface area contributed by atoms with E-state index in [1.54, 1.807) is 0 Å². The minimum Gasteiger partial charge on any atom is -0.256 e. The topological polar surface area (TPSA) is 77.3 Å². The fraction of sp³-hybridized carbons (Fsp3) is 0. The Labute approximate surface area is 769 Å². The molecule has 22 rings (SSSR count). The molecule has 0 spiro atoms. The molecule has 0 N–H and O–H groups in total. The number of hydrogen-bond donors (Lipinski definition) is 0. The monoisotopic (exact) mass is 1680 g/mol. The number of pyridine rings is 6. The lowest BCUT2D eigenvalue weighted by atomic mass is 9.86. The fourth-order valence-corrected chi connectivity index (χ4v) is 18.3. The van der Waals surface area contributed by atoms with Gasteiger partial charge in [0, 0.05) is 87.3 Å². The Kier molecular flexibility index (Phi) is 22.1. The molecule has 618 valence electrons. The molecule has 6 aromatic heterocycles. The van der Waals surface area contributed by atoms with Crippen molar-refractivity contribution in [2.75, 3.05) is 0 Å². The SMILES string of the molecule is c1ccc(-c2ccc(-c3ccc(-c4ccccc4-c4cc(-c5ccccc5-c5ccc(-c6ccc(-c7ccccc7)cn6)cc5)cc(-c5ccccc5-c5ccc(-c6ccc(-c7ccccc7-c7cc(-c8ccccc8-c8ccc(-c9ccc(-c%10ccccc%10)cn9)cc8)cc(-c8ccccc8-c8ccc(-c9cc(-c%10ccccc%10)ccn9)cc8)c7)cn6)nc5)c4)cc3)nc2)cc1. The molecule has 0 aliphatic rings. The minimum atomic E-state index is 0.770. The van der Waals surface area contributed by atoms with Crippen molar-refractivity contribution in [1.82, 2.24) is 29.9 Å². The van der Waals surface area contributed by atoms with E-state index in [1.165, 1.54) is 0 Å². The van der Waals surface area contributed by atoms with Crippen LogP contribution in [0.2, 0.25) is 0 Å². The van der Waals surface area contributed by atoms with Gasteiger partial charge < -0.3 is 0 Å². The van der Waals surface area contributed by atoms with Gasteiger partial charge in [0.15, 0.2) is 0 Å². The zero-order chi connectivity index (χ0) is 87.9. The van der Waals surface area contributed by atoms with Gasteiger partial charge in [0.25, 0.3) is 0 Å². The average Bonchev–Trinajstić information content (AvgIpc) is 0.767. The summed E-state index contributed by atoms with van der Waals surface area (Å²) >= 11 is 0. The molecule has 22 aromatic rings. The molecule has 6 heterocycles. The summed E-state index contributed by atoms with van der Waals surface area (Å²) in [6.45, 7) is 0. The van der Waals surface area contributed by atoms with E-state index in [9.17, 15) is 0 Å². The van der Waals surface area contributed by atoms with Gasteiger partial charge in [-0.2, -0.15) is 0 Å². The molecular weight excluding hydrogens is 1600 g/mol. The van der Waals surface area contributed by atoms with E-state index < -0.39 is 0 Å². The summed E-state index contributed by atoms with van der Waals surface area (Å²) in [6, 6.07) is 169. The van der Waals surface area contributed by atoms with Crippen molar-refractivity contribution in [3.63, 3.8) is 0 Å². The number of aromatic nitrogens is 6. The molecule has 0 amide bonds. The van der Waals surface area contributed by atoms with Crippen LogP contribution in [0.1, 0.15) is 0 Å². The van der Waals surface area contributed by atoms with E-state index in [2.05, 4.69) is 455 Å². The van der Waals surface area contributed by atoms with Gasteiger partial charge in [0.2, 0.25) is 0 Å². The molecule has 132 heavy (non-hydrogen) atoms. The second-order valence-electron chi connectivity index (χ2n) is 33.2. The predicted molar refractivity (Wildman–Crippen MR) is 547 cm³/mol.